The van der Waals surface area contributed by atoms with Crippen molar-refractivity contribution >= 4 is 52.4 Å². The van der Waals surface area contributed by atoms with E-state index < -0.39 is 116 Å². The summed E-state index contributed by atoms with van der Waals surface area (Å²) in [6.07, 6.45) is -6.21. The Labute approximate surface area is 335 Å². The number of fused-ring (bicyclic) bond motifs is 2. The van der Waals surface area contributed by atoms with Crippen LogP contribution in [0.25, 0.3) is 22.3 Å². The lowest BCUT2D eigenvalue weighted by Crippen LogP contribution is -2.49. The molecule has 6 N–H and O–H groups in total. The van der Waals surface area contributed by atoms with Crippen LogP contribution >= 0.6 is 0 Å². The molecule has 4 fully saturated rings. The van der Waals surface area contributed by atoms with Crippen LogP contribution in [-0.2, 0) is 37.9 Å². The van der Waals surface area contributed by atoms with E-state index in [0.717, 1.165) is 0 Å². The molecule has 4 aliphatic rings. The average molecular weight is 841 g/mol. The lowest BCUT2D eigenvalue weighted by Gasteiger charge is -2.34. The van der Waals surface area contributed by atoms with Gasteiger partial charge in [-0.1, -0.05) is 11.8 Å². The largest absolute Gasteiger partial charge is 0.509 e. The first-order valence-electron chi connectivity index (χ1n) is 18.1. The summed E-state index contributed by atoms with van der Waals surface area (Å²) in [7, 11) is 0. The molecule has 12 atom stereocenters. The van der Waals surface area contributed by atoms with Gasteiger partial charge in [0.15, 0.2) is 57.4 Å². The molecule has 0 aromatic carbocycles. The van der Waals surface area contributed by atoms with Gasteiger partial charge in [-0.2, -0.15) is 28.7 Å². The van der Waals surface area contributed by atoms with Gasteiger partial charge in [0.25, 0.3) is 0 Å². The number of imidazole rings is 2. The van der Waals surface area contributed by atoms with Crippen LogP contribution in [0.3, 0.4) is 0 Å². The Morgan fingerprint density at radius 2 is 1.20 bits per heavy atom. The summed E-state index contributed by atoms with van der Waals surface area (Å²) in [4.78, 5) is 61.1. The van der Waals surface area contributed by atoms with Crippen LogP contribution < -0.4 is 11.5 Å². The van der Waals surface area contributed by atoms with E-state index in [-0.39, 0.29) is 46.8 Å². The molecule has 0 saturated carbocycles. The zero-order valence-corrected chi connectivity index (χ0v) is 31.3. The number of halogens is 2. The van der Waals surface area contributed by atoms with E-state index in [9.17, 15) is 33.4 Å². The van der Waals surface area contributed by atoms with Gasteiger partial charge in [-0.3, -0.25) is 9.13 Å². The molecule has 4 aliphatic heterocycles. The fourth-order valence-electron chi connectivity index (χ4n) is 7.82. The third-order valence-corrected chi connectivity index (χ3v) is 10.8. The Hall–Kier alpha value is -6.67. The molecule has 8 heterocycles. The zero-order valence-electron chi connectivity index (χ0n) is 31.3. The second-order valence-corrected chi connectivity index (χ2v) is 14.4. The topological polar surface area (TPSA) is 305 Å². The number of nitrogen functional groups attached to an aromatic ring is 2. The molecule has 4 aromatic rings. The fourth-order valence-corrected chi connectivity index (χ4v) is 7.82. The zero-order chi connectivity index (χ0) is 42.8. The Morgan fingerprint density at radius 1 is 0.800 bits per heavy atom. The Bertz CT molecular complexity index is 2310. The maximum atomic E-state index is 14.2. The van der Waals surface area contributed by atoms with E-state index in [2.05, 4.69) is 41.7 Å². The quantitative estimate of drug-likeness (QED) is 0.0747. The monoisotopic (exact) mass is 840 g/mol. The lowest BCUT2D eigenvalue weighted by atomic mass is 9.88. The third-order valence-electron chi connectivity index (χ3n) is 10.8. The first-order chi connectivity index (χ1) is 28.5. The normalized spacial score (nSPS) is 32.1. The highest BCUT2D eigenvalue weighted by Crippen LogP contribution is 2.44. The van der Waals surface area contributed by atoms with Crippen molar-refractivity contribution in [2.75, 3.05) is 11.5 Å². The van der Waals surface area contributed by atoms with E-state index in [0.29, 0.717) is 0 Å². The van der Waals surface area contributed by atoms with Gasteiger partial charge in [-0.15, -0.1) is 12.8 Å². The molecular formula is C35H34F2N10O13. The SMILES string of the molecule is C#C[C@@]1(CC(OC(=O)OC(C[C@]2(C#C)O[C@@H](n3cnc4c(N)nc(F)nc43)C[C@@H]2O)C2OC(=O)OC2C)C2OC(=O)OC2C)O[C@@H](n2cnc3c(N)nc(F)nc32)C[C@@H]1O. The molecule has 0 bridgehead atoms. The van der Waals surface area contributed by atoms with Gasteiger partial charge >= 0.3 is 30.6 Å². The summed E-state index contributed by atoms with van der Waals surface area (Å²) in [6, 6.07) is 0. The van der Waals surface area contributed by atoms with Gasteiger partial charge in [0.2, 0.25) is 0 Å². The van der Waals surface area contributed by atoms with Crippen LogP contribution in [0.4, 0.5) is 34.8 Å². The maximum Gasteiger partial charge on any atom is 0.509 e. The smallest absolute Gasteiger partial charge is 0.427 e. The van der Waals surface area contributed by atoms with E-state index in [4.69, 9.17) is 62.2 Å². The summed E-state index contributed by atoms with van der Waals surface area (Å²) in [5.74, 6) is 4.31. The summed E-state index contributed by atoms with van der Waals surface area (Å²) in [5, 5.41) is 22.8. The molecule has 0 amide bonds. The van der Waals surface area contributed by atoms with E-state index in [1.807, 2.05) is 0 Å². The van der Waals surface area contributed by atoms with Gasteiger partial charge in [0.05, 0.1) is 24.9 Å². The van der Waals surface area contributed by atoms with Crippen molar-refractivity contribution in [1.29, 1.82) is 0 Å². The van der Waals surface area contributed by atoms with Gasteiger partial charge < -0.3 is 59.6 Å². The molecule has 8 rings (SSSR count). The number of hydrogen-bond donors (Lipinski definition) is 4. The number of aliphatic hydroxyl groups excluding tert-OH is 2. The summed E-state index contributed by atoms with van der Waals surface area (Å²) in [6.45, 7) is 2.88. The molecule has 0 spiro atoms. The predicted molar refractivity (Wildman–Crippen MR) is 190 cm³/mol. The van der Waals surface area contributed by atoms with Gasteiger partial charge in [0, 0.05) is 25.7 Å². The minimum Gasteiger partial charge on any atom is -0.427 e. The third kappa shape index (κ3) is 6.89. The number of aliphatic hydroxyl groups is 2. The van der Waals surface area contributed by atoms with Gasteiger partial charge in [0.1, 0.15) is 36.9 Å². The van der Waals surface area contributed by atoms with Crippen molar-refractivity contribution in [2.24, 2.45) is 0 Å². The Kier molecular flexibility index (Phi) is 9.94. The van der Waals surface area contributed by atoms with Crippen LogP contribution in [0.5, 0.6) is 0 Å². The van der Waals surface area contributed by atoms with Crippen molar-refractivity contribution in [1.82, 2.24) is 39.0 Å². The molecule has 23 nitrogen and oxygen atoms in total. The van der Waals surface area contributed by atoms with Crippen molar-refractivity contribution < 1.29 is 71.3 Å². The van der Waals surface area contributed by atoms with Crippen molar-refractivity contribution in [3.63, 3.8) is 0 Å². The highest BCUT2D eigenvalue weighted by molar-refractivity contribution is 5.82. The van der Waals surface area contributed by atoms with E-state index >= 15 is 0 Å². The van der Waals surface area contributed by atoms with Gasteiger partial charge in [-0.25, -0.2) is 24.4 Å². The van der Waals surface area contributed by atoms with Gasteiger partial charge in [-0.05, 0) is 13.8 Å². The van der Waals surface area contributed by atoms with Crippen LogP contribution in [0.1, 0.15) is 52.0 Å². The van der Waals surface area contributed by atoms with E-state index in [1.165, 1.54) is 35.6 Å². The summed E-state index contributed by atoms with van der Waals surface area (Å²) < 4.78 is 75.7. The van der Waals surface area contributed by atoms with Crippen LogP contribution in [-0.4, -0.2) is 128 Å². The molecule has 60 heavy (non-hydrogen) atoms. The number of nitrogens with zero attached hydrogens (tertiary/aromatic N) is 8. The first-order valence-corrected chi connectivity index (χ1v) is 18.1. The average Bonchev–Trinajstić information content (AvgIpc) is 4.03. The predicted octanol–water partition coefficient (Wildman–Crippen LogP) is 0.931. The number of aromatic nitrogens is 8. The Morgan fingerprint density at radius 3 is 1.55 bits per heavy atom. The molecule has 0 aliphatic carbocycles. The number of anilines is 2. The van der Waals surface area contributed by atoms with Crippen molar-refractivity contribution in [3.05, 3.63) is 24.8 Å². The number of cyclic esters (lactones) is 4. The molecule has 4 saturated heterocycles. The molecule has 6 unspecified atom stereocenters. The number of ether oxygens (including phenoxy) is 8. The van der Waals surface area contributed by atoms with Crippen LogP contribution in [0.2, 0.25) is 0 Å². The fraction of sp³-hybridized carbons (Fsp3) is 0.514. The highest BCUT2D eigenvalue weighted by Gasteiger charge is 2.56. The highest BCUT2D eigenvalue weighted by atomic mass is 19.1. The number of hydrogen-bond acceptors (Lipinski definition) is 21. The molecule has 0 radical (unpaired) electrons. The molecular weight excluding hydrogens is 806 g/mol. The first kappa shape index (κ1) is 40.1. The lowest BCUT2D eigenvalue weighted by molar-refractivity contribution is -0.129. The number of rotatable bonds is 10. The number of terminal acetylenes is 2. The minimum atomic E-state index is -1.97. The Balaban J connectivity index is 1.06. The van der Waals surface area contributed by atoms with Crippen LogP contribution in [0.15, 0.2) is 12.7 Å². The van der Waals surface area contributed by atoms with E-state index in [1.54, 1.807) is 0 Å². The second-order valence-electron chi connectivity index (χ2n) is 14.4. The minimum absolute atomic E-state index is 0.0470. The number of nitrogens with two attached hydrogens (primary N) is 2. The number of carbonyl (C=O) groups is 3. The van der Waals surface area contributed by atoms with Crippen LogP contribution in [0, 0.1) is 36.8 Å². The maximum absolute atomic E-state index is 14.2. The summed E-state index contributed by atoms with van der Waals surface area (Å²) in [5.41, 5.74) is 7.63. The standard InChI is InChI=1S/C35H34F2N10O13/c1-5-34(17(48)7-19(59-34)46-11-40-21-25(38)42-29(36)44-27(21)46)9-15(23-13(3)53-31(50)57-23)55-33(52)56-16(24-14(4)54-32(51)58-24)10-35(6-2)18(49)8-20(60-35)47-12-41-22-26(39)43-30(37)45-28(22)47/h1-2,11-20,23-24,48-49H,7-10H2,3-4H3,(H2,38,42,44)(H2,39,43,45)/t13?,14?,15?,16?,17-,18-,19+,20+,23?,24?,34-,35-/m0/s1. The van der Waals surface area contributed by atoms with Crippen molar-refractivity contribution in [3.8, 4) is 24.7 Å². The molecule has 316 valence electrons. The number of carbonyl (C=O) groups excluding carboxylic acids is 3. The molecule has 4 aromatic heterocycles. The summed E-state index contributed by atoms with van der Waals surface area (Å²) >= 11 is 0. The van der Waals surface area contributed by atoms with Crippen molar-refractivity contribution in [2.45, 2.75) is 112 Å². The molecule has 25 heteroatoms. The second kappa shape index (κ2) is 14.9.